The highest BCUT2D eigenvalue weighted by Crippen LogP contribution is 2.41. The first-order valence-electron chi connectivity index (χ1n) is 13.7. The number of piperidine rings is 1. The Kier molecular flexibility index (Phi) is 8.43. The Morgan fingerprint density at radius 1 is 0.805 bits per heavy atom. The van der Waals surface area contributed by atoms with Gasteiger partial charge in [-0.15, -0.1) is 10.2 Å². The molecule has 1 saturated heterocycles. The van der Waals surface area contributed by atoms with Crippen LogP contribution in [0, 0.1) is 5.82 Å². The standard InChI is InChI=1S/C29H31F7N4O/c1-18(20-12-21(28(31,32)33)14-22(13-20)29(34,35)36)41-27-10-11-39(15-26(27)19-2-4-23(30)5-3-19)24-6-8-25(9-7-24)40-16-37-38-17-40/h2-5,12-14,16-18,24-27H,6-11,15H2,1H3/t18-,24?,25?,26-,27+/m1/s1. The SMILES string of the molecule is C[C@@H](O[C@H]1CCN(C2CCC(n3cnnc3)CC2)C[C@@H]1c1ccc(F)cc1)c1cc(C(F)(F)F)cc(C(F)(F)F)c1. The fraction of sp³-hybridized carbons (Fsp3) is 0.517. The molecule has 0 amide bonds. The molecular formula is C29H31F7N4O. The number of ether oxygens (including phenoxy) is 1. The van der Waals surface area contributed by atoms with Gasteiger partial charge >= 0.3 is 12.4 Å². The van der Waals surface area contributed by atoms with E-state index in [0.29, 0.717) is 31.6 Å². The molecule has 1 saturated carbocycles. The second-order valence-corrected chi connectivity index (χ2v) is 11.0. The van der Waals surface area contributed by atoms with Crippen LogP contribution in [-0.2, 0) is 17.1 Å². The number of halogens is 7. The molecule has 1 aliphatic heterocycles. The van der Waals surface area contributed by atoms with E-state index in [9.17, 15) is 30.7 Å². The van der Waals surface area contributed by atoms with Gasteiger partial charge in [-0.25, -0.2) is 4.39 Å². The van der Waals surface area contributed by atoms with Crippen molar-refractivity contribution in [2.24, 2.45) is 0 Å². The highest BCUT2D eigenvalue weighted by atomic mass is 19.4. The molecular weight excluding hydrogens is 553 g/mol. The van der Waals surface area contributed by atoms with Crippen LogP contribution in [0.2, 0.25) is 0 Å². The third-order valence-corrected chi connectivity index (χ3v) is 8.38. The minimum absolute atomic E-state index is 0.119. The highest BCUT2D eigenvalue weighted by molar-refractivity contribution is 5.35. The Hall–Kier alpha value is -2.99. The van der Waals surface area contributed by atoms with E-state index >= 15 is 0 Å². The topological polar surface area (TPSA) is 43.2 Å². The van der Waals surface area contributed by atoms with Crippen molar-refractivity contribution in [3.63, 3.8) is 0 Å². The zero-order valence-corrected chi connectivity index (χ0v) is 22.4. The van der Waals surface area contributed by atoms with Gasteiger partial charge in [-0.2, -0.15) is 26.3 Å². The van der Waals surface area contributed by atoms with Gasteiger partial charge in [0.25, 0.3) is 0 Å². The predicted molar refractivity (Wildman–Crippen MR) is 136 cm³/mol. The number of benzene rings is 2. The smallest absolute Gasteiger partial charge is 0.370 e. The summed E-state index contributed by atoms with van der Waals surface area (Å²) in [6, 6.07) is 8.24. The minimum Gasteiger partial charge on any atom is -0.370 e. The summed E-state index contributed by atoms with van der Waals surface area (Å²) in [6.07, 6.45) is -3.55. The predicted octanol–water partition coefficient (Wildman–Crippen LogP) is 7.57. The molecule has 2 aromatic carbocycles. The summed E-state index contributed by atoms with van der Waals surface area (Å²) < 4.78 is 103. The van der Waals surface area contributed by atoms with Crippen molar-refractivity contribution in [1.29, 1.82) is 0 Å². The van der Waals surface area contributed by atoms with Crippen LogP contribution < -0.4 is 0 Å². The average molecular weight is 585 g/mol. The number of hydrogen-bond donors (Lipinski definition) is 0. The molecule has 222 valence electrons. The van der Waals surface area contributed by atoms with Crippen molar-refractivity contribution in [2.45, 2.75) is 81.6 Å². The Bertz CT molecular complexity index is 1250. The lowest BCUT2D eigenvalue weighted by Gasteiger charge is -2.45. The molecule has 5 rings (SSSR count). The number of aromatic nitrogens is 3. The summed E-state index contributed by atoms with van der Waals surface area (Å²) >= 11 is 0. The van der Waals surface area contributed by atoms with Crippen molar-refractivity contribution >= 4 is 0 Å². The fourth-order valence-electron chi connectivity index (χ4n) is 6.15. The van der Waals surface area contributed by atoms with Gasteiger partial charge in [-0.1, -0.05) is 12.1 Å². The first-order chi connectivity index (χ1) is 19.4. The van der Waals surface area contributed by atoms with Crippen LogP contribution >= 0.6 is 0 Å². The lowest BCUT2D eigenvalue weighted by Crippen LogP contribution is -2.48. The van der Waals surface area contributed by atoms with Crippen LogP contribution in [0.1, 0.15) is 79.3 Å². The van der Waals surface area contributed by atoms with Crippen molar-refractivity contribution in [1.82, 2.24) is 19.7 Å². The molecule has 0 spiro atoms. The second kappa shape index (κ2) is 11.7. The number of likely N-dealkylation sites (tertiary alicyclic amines) is 1. The summed E-state index contributed by atoms with van der Waals surface area (Å²) in [6.45, 7) is 2.73. The summed E-state index contributed by atoms with van der Waals surface area (Å²) in [5, 5.41) is 7.79. The quantitative estimate of drug-likeness (QED) is 0.280. The monoisotopic (exact) mass is 584 g/mol. The molecule has 2 heterocycles. The maximum Gasteiger partial charge on any atom is 0.416 e. The second-order valence-electron chi connectivity index (χ2n) is 11.0. The highest BCUT2D eigenvalue weighted by Gasteiger charge is 2.39. The van der Waals surface area contributed by atoms with E-state index in [4.69, 9.17) is 4.74 Å². The fourth-order valence-corrected chi connectivity index (χ4v) is 6.15. The van der Waals surface area contributed by atoms with Gasteiger partial charge in [0.05, 0.1) is 23.3 Å². The molecule has 1 aliphatic carbocycles. The van der Waals surface area contributed by atoms with Crippen molar-refractivity contribution < 1.29 is 35.5 Å². The maximum atomic E-state index is 13.7. The Morgan fingerprint density at radius 3 is 1.93 bits per heavy atom. The molecule has 0 bridgehead atoms. The lowest BCUT2D eigenvalue weighted by atomic mass is 9.84. The molecule has 41 heavy (non-hydrogen) atoms. The summed E-state index contributed by atoms with van der Waals surface area (Å²) in [5.74, 6) is -0.640. The molecule has 0 radical (unpaired) electrons. The van der Waals surface area contributed by atoms with E-state index in [0.717, 1.165) is 43.4 Å². The number of hydrogen-bond acceptors (Lipinski definition) is 4. The van der Waals surface area contributed by atoms with Crippen LogP contribution in [0.4, 0.5) is 30.7 Å². The molecule has 2 fully saturated rings. The number of nitrogens with zero attached hydrogens (tertiary/aromatic N) is 4. The molecule has 3 aromatic rings. The Morgan fingerprint density at radius 2 is 1.37 bits per heavy atom. The van der Waals surface area contributed by atoms with E-state index in [2.05, 4.69) is 15.1 Å². The molecule has 0 N–H and O–H groups in total. The molecule has 0 unspecified atom stereocenters. The summed E-state index contributed by atoms with van der Waals surface area (Å²) in [4.78, 5) is 2.38. The Balaban J connectivity index is 1.34. The van der Waals surface area contributed by atoms with Gasteiger partial charge in [0.15, 0.2) is 0 Å². The van der Waals surface area contributed by atoms with Crippen molar-refractivity contribution in [3.05, 3.63) is 83.2 Å². The average Bonchev–Trinajstić information content (AvgIpc) is 3.48. The first kappa shape index (κ1) is 29.5. The van der Waals surface area contributed by atoms with Crippen molar-refractivity contribution in [2.75, 3.05) is 13.1 Å². The van der Waals surface area contributed by atoms with Gasteiger partial charge in [0.1, 0.15) is 18.5 Å². The summed E-state index contributed by atoms with van der Waals surface area (Å²) in [7, 11) is 0. The van der Waals surface area contributed by atoms with E-state index in [1.165, 1.54) is 19.1 Å². The van der Waals surface area contributed by atoms with Gasteiger partial charge in [-0.3, -0.25) is 4.90 Å². The molecule has 5 nitrogen and oxygen atoms in total. The van der Waals surface area contributed by atoms with Crippen LogP contribution in [0.15, 0.2) is 55.1 Å². The van der Waals surface area contributed by atoms with E-state index in [1.54, 1.807) is 24.8 Å². The zero-order chi connectivity index (χ0) is 29.4. The molecule has 1 aromatic heterocycles. The van der Waals surface area contributed by atoms with Crippen LogP contribution in [-0.4, -0.2) is 44.9 Å². The van der Waals surface area contributed by atoms with Gasteiger partial charge in [0.2, 0.25) is 0 Å². The van der Waals surface area contributed by atoms with Gasteiger partial charge in [0, 0.05) is 31.1 Å². The van der Waals surface area contributed by atoms with Crippen LogP contribution in [0.25, 0.3) is 0 Å². The first-order valence-corrected chi connectivity index (χ1v) is 13.7. The van der Waals surface area contributed by atoms with Gasteiger partial charge < -0.3 is 9.30 Å². The van der Waals surface area contributed by atoms with E-state index in [-0.39, 0.29) is 17.5 Å². The molecule has 2 aliphatic rings. The minimum atomic E-state index is -4.94. The normalized spacial score (nSPS) is 25.3. The number of rotatable bonds is 6. The molecule has 12 heteroatoms. The summed E-state index contributed by atoms with van der Waals surface area (Å²) in [5.41, 5.74) is -2.12. The van der Waals surface area contributed by atoms with E-state index < -0.39 is 41.5 Å². The third-order valence-electron chi connectivity index (χ3n) is 8.38. The van der Waals surface area contributed by atoms with Crippen LogP contribution in [0.5, 0.6) is 0 Å². The van der Waals surface area contributed by atoms with E-state index in [1.807, 2.05) is 4.57 Å². The largest absolute Gasteiger partial charge is 0.416 e. The van der Waals surface area contributed by atoms with Gasteiger partial charge in [-0.05, 0) is 80.5 Å². The third kappa shape index (κ3) is 6.91. The van der Waals surface area contributed by atoms with Crippen LogP contribution in [0.3, 0.4) is 0 Å². The zero-order valence-electron chi connectivity index (χ0n) is 22.4. The Labute approximate surface area is 233 Å². The lowest BCUT2D eigenvalue weighted by molar-refractivity contribution is -0.143. The number of alkyl halides is 6. The van der Waals surface area contributed by atoms with Crippen molar-refractivity contribution in [3.8, 4) is 0 Å². The molecule has 3 atom stereocenters. The maximum absolute atomic E-state index is 13.7.